The predicted octanol–water partition coefficient (Wildman–Crippen LogP) is 4.66. The van der Waals surface area contributed by atoms with Gasteiger partial charge in [-0.3, -0.25) is 9.59 Å². The second kappa shape index (κ2) is 11.5. The predicted molar refractivity (Wildman–Crippen MR) is 125 cm³/mol. The Balaban J connectivity index is 1.56. The molecular formula is C24H22ClNO6S. The van der Waals surface area contributed by atoms with Gasteiger partial charge in [0.05, 0.1) is 24.1 Å². The number of amides is 1. The van der Waals surface area contributed by atoms with E-state index in [2.05, 4.69) is 5.32 Å². The van der Waals surface area contributed by atoms with E-state index in [1.54, 1.807) is 36.4 Å². The lowest BCUT2D eigenvalue weighted by atomic mass is 10.2. The fourth-order valence-electron chi connectivity index (χ4n) is 2.78. The monoisotopic (exact) mass is 487 g/mol. The van der Waals surface area contributed by atoms with E-state index in [-0.39, 0.29) is 17.3 Å². The third-order valence-corrected chi connectivity index (χ3v) is 5.87. The first kappa shape index (κ1) is 24.3. The van der Waals surface area contributed by atoms with Crippen molar-refractivity contribution in [3.8, 4) is 11.5 Å². The minimum Gasteiger partial charge on any atom is -0.493 e. The first-order valence-electron chi connectivity index (χ1n) is 9.94. The molecule has 0 atom stereocenters. The molecule has 3 rings (SSSR count). The Hall–Kier alpha value is -3.36. The maximum Gasteiger partial charge on any atom is 0.338 e. The van der Waals surface area contributed by atoms with Crippen LogP contribution in [0.1, 0.15) is 37.4 Å². The van der Waals surface area contributed by atoms with Gasteiger partial charge < -0.3 is 19.5 Å². The largest absolute Gasteiger partial charge is 0.493 e. The Morgan fingerprint density at radius 1 is 1.00 bits per heavy atom. The van der Waals surface area contributed by atoms with E-state index < -0.39 is 12.6 Å². The highest BCUT2D eigenvalue weighted by Gasteiger charge is 2.16. The summed E-state index contributed by atoms with van der Waals surface area (Å²) in [5.41, 5.74) is 1.16. The van der Waals surface area contributed by atoms with Crippen LogP contribution in [0.5, 0.6) is 11.5 Å². The van der Waals surface area contributed by atoms with Crippen molar-refractivity contribution in [2.24, 2.45) is 0 Å². The summed E-state index contributed by atoms with van der Waals surface area (Å²) < 4.78 is 16.3. The molecule has 0 aliphatic carbocycles. The molecule has 3 aromatic rings. The van der Waals surface area contributed by atoms with Gasteiger partial charge in [0.1, 0.15) is 6.61 Å². The molecule has 9 heteroatoms. The van der Waals surface area contributed by atoms with Crippen molar-refractivity contribution in [2.45, 2.75) is 20.1 Å². The van der Waals surface area contributed by atoms with Gasteiger partial charge in [-0.2, -0.15) is 0 Å². The summed E-state index contributed by atoms with van der Waals surface area (Å²) in [7, 11) is 1.47. The highest BCUT2D eigenvalue weighted by atomic mass is 35.5. The standard InChI is InChI=1S/C24H22ClNO6S/c1-15(27)26-12-19-8-10-23(33-19)20(28)14-32-24(29)17-5-9-21(22(11-17)30-2)31-13-16-3-6-18(25)7-4-16/h3-11H,12-14H2,1-2H3,(H,26,27). The lowest BCUT2D eigenvalue weighted by molar-refractivity contribution is -0.119. The molecule has 0 radical (unpaired) electrons. The summed E-state index contributed by atoms with van der Waals surface area (Å²) in [6, 6.07) is 15.3. The van der Waals surface area contributed by atoms with Gasteiger partial charge in [0, 0.05) is 16.8 Å². The molecule has 0 aliphatic rings. The Bertz CT molecular complexity index is 1140. The average Bonchev–Trinajstić information content (AvgIpc) is 3.30. The zero-order chi connectivity index (χ0) is 23.8. The summed E-state index contributed by atoms with van der Waals surface area (Å²) in [5.74, 6) is -0.295. The van der Waals surface area contributed by atoms with Crippen LogP contribution in [0.15, 0.2) is 54.6 Å². The number of nitrogens with one attached hydrogen (secondary N) is 1. The smallest absolute Gasteiger partial charge is 0.338 e. The SMILES string of the molecule is COc1cc(C(=O)OCC(=O)c2ccc(CNC(C)=O)s2)ccc1OCc1ccc(Cl)cc1. The van der Waals surface area contributed by atoms with E-state index in [9.17, 15) is 14.4 Å². The number of carbonyl (C=O) groups is 3. The number of esters is 1. The maximum absolute atomic E-state index is 12.4. The molecule has 0 spiro atoms. The second-order valence-corrected chi connectivity index (χ2v) is 8.56. The van der Waals surface area contributed by atoms with Crippen molar-refractivity contribution >= 4 is 40.6 Å². The summed E-state index contributed by atoms with van der Waals surface area (Å²) >= 11 is 7.13. The van der Waals surface area contributed by atoms with Crippen molar-refractivity contribution in [3.05, 3.63) is 80.5 Å². The van der Waals surface area contributed by atoms with Crippen LogP contribution in [0.3, 0.4) is 0 Å². The van der Waals surface area contributed by atoms with Crippen molar-refractivity contribution in [1.82, 2.24) is 5.32 Å². The lowest BCUT2D eigenvalue weighted by Gasteiger charge is -2.12. The molecule has 0 unspecified atom stereocenters. The van der Waals surface area contributed by atoms with Gasteiger partial charge in [-0.05, 0) is 48.0 Å². The number of hydrogen-bond donors (Lipinski definition) is 1. The van der Waals surface area contributed by atoms with E-state index in [0.29, 0.717) is 34.6 Å². The number of carbonyl (C=O) groups excluding carboxylic acids is 3. The van der Waals surface area contributed by atoms with E-state index in [4.69, 9.17) is 25.8 Å². The van der Waals surface area contributed by atoms with Gasteiger partial charge >= 0.3 is 5.97 Å². The van der Waals surface area contributed by atoms with Gasteiger partial charge in [-0.1, -0.05) is 23.7 Å². The first-order valence-corrected chi connectivity index (χ1v) is 11.1. The van der Waals surface area contributed by atoms with Crippen LogP contribution in [-0.4, -0.2) is 31.4 Å². The van der Waals surface area contributed by atoms with Gasteiger partial charge in [0.2, 0.25) is 11.7 Å². The molecule has 1 aromatic heterocycles. The number of hydrogen-bond acceptors (Lipinski definition) is 7. The maximum atomic E-state index is 12.4. The quantitative estimate of drug-likeness (QED) is 0.330. The molecule has 2 aromatic carbocycles. The molecule has 1 heterocycles. The van der Waals surface area contributed by atoms with Crippen molar-refractivity contribution in [1.29, 1.82) is 0 Å². The molecule has 1 N–H and O–H groups in total. The van der Waals surface area contributed by atoms with Crippen molar-refractivity contribution in [3.63, 3.8) is 0 Å². The van der Waals surface area contributed by atoms with Gasteiger partial charge in [-0.15, -0.1) is 11.3 Å². The average molecular weight is 488 g/mol. The number of Topliss-reactive ketones (excluding diaryl/α,β-unsaturated/α-hetero) is 1. The Morgan fingerprint density at radius 2 is 1.76 bits per heavy atom. The van der Waals surface area contributed by atoms with Crippen LogP contribution in [0.4, 0.5) is 0 Å². The summed E-state index contributed by atoms with van der Waals surface area (Å²) in [6.07, 6.45) is 0. The number of rotatable bonds is 10. The highest BCUT2D eigenvalue weighted by molar-refractivity contribution is 7.14. The first-order chi connectivity index (χ1) is 15.9. The summed E-state index contributed by atoms with van der Waals surface area (Å²) in [4.78, 5) is 37.0. The fourth-order valence-corrected chi connectivity index (χ4v) is 3.77. The van der Waals surface area contributed by atoms with Gasteiger partial charge in [0.25, 0.3) is 0 Å². The lowest BCUT2D eigenvalue weighted by Crippen LogP contribution is -2.18. The molecule has 7 nitrogen and oxygen atoms in total. The number of ketones is 1. The molecule has 33 heavy (non-hydrogen) atoms. The summed E-state index contributed by atoms with van der Waals surface area (Å²) in [5, 5.41) is 3.31. The van der Waals surface area contributed by atoms with Crippen LogP contribution >= 0.6 is 22.9 Å². The summed E-state index contributed by atoms with van der Waals surface area (Å²) in [6.45, 7) is 1.68. The number of benzene rings is 2. The minimum absolute atomic E-state index is 0.151. The van der Waals surface area contributed by atoms with Crippen LogP contribution in [0, 0.1) is 0 Å². The normalized spacial score (nSPS) is 10.4. The van der Waals surface area contributed by atoms with E-state index in [1.807, 2.05) is 12.1 Å². The number of halogens is 1. The number of thiophene rings is 1. The van der Waals surface area contributed by atoms with Crippen LogP contribution in [0.2, 0.25) is 5.02 Å². The van der Waals surface area contributed by atoms with Crippen LogP contribution in [-0.2, 0) is 22.7 Å². The fraction of sp³-hybridized carbons (Fsp3) is 0.208. The topological polar surface area (TPSA) is 90.9 Å². The molecule has 0 saturated carbocycles. The van der Waals surface area contributed by atoms with Crippen LogP contribution < -0.4 is 14.8 Å². The zero-order valence-electron chi connectivity index (χ0n) is 18.1. The number of ether oxygens (including phenoxy) is 3. The third-order valence-electron chi connectivity index (χ3n) is 4.49. The zero-order valence-corrected chi connectivity index (χ0v) is 19.6. The molecule has 0 aliphatic heterocycles. The van der Waals surface area contributed by atoms with E-state index in [1.165, 1.54) is 31.4 Å². The molecule has 0 fully saturated rings. The Labute approximate surface area is 200 Å². The highest BCUT2D eigenvalue weighted by Crippen LogP contribution is 2.29. The third kappa shape index (κ3) is 7.06. The molecule has 0 saturated heterocycles. The van der Waals surface area contributed by atoms with Crippen molar-refractivity contribution in [2.75, 3.05) is 13.7 Å². The molecular weight excluding hydrogens is 466 g/mol. The molecule has 0 bridgehead atoms. The Kier molecular flexibility index (Phi) is 8.46. The van der Waals surface area contributed by atoms with Crippen molar-refractivity contribution < 1.29 is 28.6 Å². The second-order valence-electron chi connectivity index (χ2n) is 6.96. The Morgan fingerprint density at radius 3 is 2.45 bits per heavy atom. The van der Waals surface area contributed by atoms with Crippen LogP contribution in [0.25, 0.3) is 0 Å². The number of methoxy groups -OCH3 is 1. The van der Waals surface area contributed by atoms with E-state index >= 15 is 0 Å². The van der Waals surface area contributed by atoms with E-state index in [0.717, 1.165) is 10.4 Å². The molecule has 172 valence electrons. The van der Waals surface area contributed by atoms with Gasteiger partial charge in [0.15, 0.2) is 18.1 Å². The minimum atomic E-state index is -0.652. The molecule has 1 amide bonds. The van der Waals surface area contributed by atoms with Gasteiger partial charge in [-0.25, -0.2) is 4.79 Å².